The van der Waals surface area contributed by atoms with Crippen LogP contribution in [0.25, 0.3) is 0 Å². The molecule has 0 aromatic heterocycles. The molecule has 174 valence electrons. The average Bonchev–Trinajstić information content (AvgIpc) is 2.77. The number of anilines is 2. The largest absolute Gasteiger partial charge is 0.497 e. The van der Waals surface area contributed by atoms with Crippen molar-refractivity contribution >= 4 is 27.3 Å². The zero-order valence-corrected chi connectivity index (χ0v) is 18.0. The fraction of sp³-hybridized carbons (Fsp3) is 0.136. The average molecular weight is 480 g/mol. The minimum absolute atomic E-state index is 0.0214. The molecule has 3 rings (SSSR count). The van der Waals surface area contributed by atoms with Gasteiger partial charge in [0.2, 0.25) is 0 Å². The third-order valence-electron chi connectivity index (χ3n) is 4.32. The quantitative estimate of drug-likeness (QED) is 0.494. The molecule has 0 heterocycles. The predicted octanol–water partition coefficient (Wildman–Crippen LogP) is 4.53. The molecule has 0 aliphatic rings. The van der Waals surface area contributed by atoms with Crippen molar-refractivity contribution in [2.75, 3.05) is 23.8 Å². The number of alkyl halides is 3. The molecule has 11 heteroatoms. The van der Waals surface area contributed by atoms with E-state index in [1.807, 2.05) is 0 Å². The summed E-state index contributed by atoms with van der Waals surface area (Å²) in [6.45, 7) is -0.421. The molecule has 3 aromatic rings. The van der Waals surface area contributed by atoms with Crippen molar-refractivity contribution in [3.05, 3.63) is 78.4 Å². The van der Waals surface area contributed by atoms with Crippen molar-refractivity contribution < 1.29 is 35.9 Å². The summed E-state index contributed by atoms with van der Waals surface area (Å²) in [5, 5.41) is 2.42. The number of ether oxygens (including phenoxy) is 2. The van der Waals surface area contributed by atoms with E-state index in [1.54, 1.807) is 18.2 Å². The van der Waals surface area contributed by atoms with Gasteiger partial charge in [0, 0.05) is 11.8 Å². The van der Waals surface area contributed by atoms with Crippen LogP contribution >= 0.6 is 0 Å². The first-order valence-electron chi connectivity index (χ1n) is 9.44. The maximum atomic E-state index is 12.6. The Kier molecular flexibility index (Phi) is 7.12. The number of benzene rings is 3. The summed E-state index contributed by atoms with van der Waals surface area (Å²) in [5.74, 6) is 0.137. The lowest BCUT2D eigenvalue weighted by molar-refractivity contribution is -0.137. The van der Waals surface area contributed by atoms with Gasteiger partial charge in [-0.15, -0.1) is 0 Å². The van der Waals surface area contributed by atoms with Crippen LogP contribution in [0.4, 0.5) is 24.5 Å². The fourth-order valence-electron chi connectivity index (χ4n) is 2.70. The minimum Gasteiger partial charge on any atom is -0.497 e. The van der Waals surface area contributed by atoms with Gasteiger partial charge in [0.15, 0.2) is 6.61 Å². The van der Waals surface area contributed by atoms with Crippen molar-refractivity contribution in [3.8, 4) is 11.5 Å². The minimum atomic E-state index is -4.46. The van der Waals surface area contributed by atoms with E-state index in [0.717, 1.165) is 24.3 Å². The summed E-state index contributed by atoms with van der Waals surface area (Å²) in [6, 6.07) is 15.8. The summed E-state index contributed by atoms with van der Waals surface area (Å²) in [5.41, 5.74) is -0.316. The standard InChI is InChI=1S/C22H19F3N2O5S/c1-31-19-4-2-3-17(13-19)27-33(29,30)20-11-9-18(10-12-20)32-14-21(28)26-16-7-5-15(6-8-16)22(23,24)25/h2-13,27H,14H2,1H3,(H,26,28). The number of halogens is 3. The van der Waals surface area contributed by atoms with Crippen molar-refractivity contribution in [1.29, 1.82) is 0 Å². The van der Waals surface area contributed by atoms with Gasteiger partial charge in [-0.05, 0) is 60.7 Å². The molecule has 7 nitrogen and oxygen atoms in total. The van der Waals surface area contributed by atoms with Crippen molar-refractivity contribution in [2.24, 2.45) is 0 Å². The highest BCUT2D eigenvalue weighted by atomic mass is 32.2. The van der Waals surface area contributed by atoms with Crippen molar-refractivity contribution in [1.82, 2.24) is 0 Å². The number of methoxy groups -OCH3 is 1. The molecule has 0 fully saturated rings. The third kappa shape index (κ3) is 6.62. The van der Waals surface area contributed by atoms with Gasteiger partial charge in [-0.3, -0.25) is 9.52 Å². The lowest BCUT2D eigenvalue weighted by Crippen LogP contribution is -2.20. The lowest BCUT2D eigenvalue weighted by Gasteiger charge is -2.11. The van der Waals surface area contributed by atoms with Gasteiger partial charge in [0.25, 0.3) is 15.9 Å². The highest BCUT2D eigenvalue weighted by Gasteiger charge is 2.30. The van der Waals surface area contributed by atoms with E-state index >= 15 is 0 Å². The van der Waals surface area contributed by atoms with Crippen LogP contribution in [0.15, 0.2) is 77.7 Å². The Morgan fingerprint density at radius 1 is 0.909 bits per heavy atom. The van der Waals surface area contributed by atoms with Crippen LogP contribution in [0, 0.1) is 0 Å². The smallest absolute Gasteiger partial charge is 0.416 e. The molecule has 0 spiro atoms. The Morgan fingerprint density at radius 2 is 1.58 bits per heavy atom. The summed E-state index contributed by atoms with van der Waals surface area (Å²) >= 11 is 0. The van der Waals surface area contributed by atoms with Crippen LogP contribution in [-0.4, -0.2) is 28.0 Å². The Bertz CT molecular complexity index is 1210. The zero-order valence-electron chi connectivity index (χ0n) is 17.2. The topological polar surface area (TPSA) is 93.7 Å². The van der Waals surface area contributed by atoms with Crippen LogP contribution in [0.1, 0.15) is 5.56 Å². The SMILES string of the molecule is COc1cccc(NS(=O)(=O)c2ccc(OCC(=O)Nc3ccc(C(F)(F)F)cc3)cc2)c1. The molecule has 0 atom stereocenters. The van der Waals surface area contributed by atoms with Crippen LogP contribution in [0.5, 0.6) is 11.5 Å². The molecule has 0 saturated carbocycles. The second-order valence-electron chi connectivity index (χ2n) is 6.72. The summed E-state index contributed by atoms with van der Waals surface area (Å²) in [7, 11) is -2.39. The number of carbonyl (C=O) groups is 1. The first-order chi connectivity index (χ1) is 15.6. The second-order valence-corrected chi connectivity index (χ2v) is 8.40. The third-order valence-corrected chi connectivity index (χ3v) is 5.72. The molecule has 0 unspecified atom stereocenters. The fourth-order valence-corrected chi connectivity index (χ4v) is 3.75. The molecule has 3 aromatic carbocycles. The first kappa shape index (κ1) is 23.9. The molecular weight excluding hydrogens is 461 g/mol. The number of rotatable bonds is 8. The van der Waals surface area contributed by atoms with E-state index in [1.165, 1.54) is 37.4 Å². The Balaban J connectivity index is 1.56. The van der Waals surface area contributed by atoms with Gasteiger partial charge in [-0.2, -0.15) is 13.2 Å². The number of nitrogens with one attached hydrogen (secondary N) is 2. The first-order valence-corrected chi connectivity index (χ1v) is 10.9. The van der Waals surface area contributed by atoms with E-state index in [9.17, 15) is 26.4 Å². The van der Waals surface area contributed by atoms with E-state index < -0.39 is 34.3 Å². The summed E-state index contributed by atoms with van der Waals surface area (Å²) in [6.07, 6.45) is -4.46. The molecule has 0 aliphatic carbocycles. The normalized spacial score (nSPS) is 11.5. The highest BCUT2D eigenvalue weighted by Crippen LogP contribution is 2.29. The van der Waals surface area contributed by atoms with Gasteiger partial charge in [-0.1, -0.05) is 6.07 Å². The Morgan fingerprint density at radius 3 is 2.18 bits per heavy atom. The number of sulfonamides is 1. The van der Waals surface area contributed by atoms with Gasteiger partial charge in [-0.25, -0.2) is 8.42 Å². The second kappa shape index (κ2) is 9.82. The summed E-state index contributed by atoms with van der Waals surface area (Å²) < 4.78 is 75.6. The maximum absolute atomic E-state index is 12.6. The van der Waals surface area contributed by atoms with Crippen LogP contribution in [0.3, 0.4) is 0 Å². The number of hydrogen-bond donors (Lipinski definition) is 2. The molecule has 0 bridgehead atoms. The number of amides is 1. The molecule has 33 heavy (non-hydrogen) atoms. The van der Waals surface area contributed by atoms with Crippen molar-refractivity contribution in [3.63, 3.8) is 0 Å². The van der Waals surface area contributed by atoms with Gasteiger partial charge >= 0.3 is 6.18 Å². The lowest BCUT2D eigenvalue weighted by atomic mass is 10.2. The number of hydrogen-bond acceptors (Lipinski definition) is 5. The molecule has 2 N–H and O–H groups in total. The Hall–Kier alpha value is -3.73. The van der Waals surface area contributed by atoms with Gasteiger partial charge in [0.05, 0.1) is 23.3 Å². The molecule has 0 saturated heterocycles. The number of carbonyl (C=O) groups excluding carboxylic acids is 1. The molecule has 0 radical (unpaired) electrons. The van der Waals surface area contributed by atoms with Gasteiger partial charge in [0.1, 0.15) is 11.5 Å². The summed E-state index contributed by atoms with van der Waals surface area (Å²) in [4.78, 5) is 12.0. The molecule has 1 amide bonds. The Labute approximate surface area is 188 Å². The van der Waals surface area contributed by atoms with Crippen molar-refractivity contribution in [2.45, 2.75) is 11.1 Å². The monoisotopic (exact) mass is 480 g/mol. The highest BCUT2D eigenvalue weighted by molar-refractivity contribution is 7.92. The maximum Gasteiger partial charge on any atom is 0.416 e. The van der Waals surface area contributed by atoms with E-state index in [2.05, 4.69) is 10.0 Å². The van der Waals surface area contributed by atoms with E-state index in [4.69, 9.17) is 9.47 Å². The van der Waals surface area contributed by atoms with E-state index in [-0.39, 0.29) is 16.3 Å². The van der Waals surface area contributed by atoms with Crippen LogP contribution in [0.2, 0.25) is 0 Å². The molecular formula is C22H19F3N2O5S. The van der Waals surface area contributed by atoms with Crippen LogP contribution < -0.4 is 19.5 Å². The predicted molar refractivity (Wildman–Crippen MR) is 116 cm³/mol. The van der Waals surface area contributed by atoms with Gasteiger partial charge < -0.3 is 14.8 Å². The van der Waals surface area contributed by atoms with Crippen LogP contribution in [-0.2, 0) is 21.0 Å². The molecule has 0 aliphatic heterocycles. The zero-order chi connectivity index (χ0) is 24.1. The van der Waals surface area contributed by atoms with E-state index in [0.29, 0.717) is 11.4 Å².